The molecule has 0 spiro atoms. The Bertz CT molecular complexity index is 548. The predicted molar refractivity (Wildman–Crippen MR) is 58.1 cm³/mol. The molecule has 0 saturated carbocycles. The second kappa shape index (κ2) is 5.95. The Morgan fingerprint density at radius 3 is 2.53 bits per heavy atom. The number of hydrogen-bond acceptors (Lipinski definition) is 6. The lowest BCUT2D eigenvalue weighted by Gasteiger charge is -2.10. The molecule has 11 heteroatoms. The lowest BCUT2D eigenvalue weighted by molar-refractivity contribution is -0.389. The minimum absolute atomic E-state index is 0.431. The first-order chi connectivity index (χ1) is 8.74. The summed E-state index contributed by atoms with van der Waals surface area (Å²) < 4.78 is 48.8. The fourth-order valence-electron chi connectivity index (χ4n) is 1.01. The van der Waals surface area contributed by atoms with Crippen LogP contribution in [0.15, 0.2) is 23.2 Å². The summed E-state index contributed by atoms with van der Waals surface area (Å²) in [5, 5.41) is 19.1. The quantitative estimate of drug-likeness (QED) is 0.558. The zero-order valence-corrected chi connectivity index (χ0v) is 10.0. The van der Waals surface area contributed by atoms with Gasteiger partial charge in [0.15, 0.2) is 6.20 Å². The van der Waals surface area contributed by atoms with Crippen LogP contribution < -0.4 is 4.72 Å². The first-order valence-electron chi connectivity index (χ1n) is 4.80. The summed E-state index contributed by atoms with van der Waals surface area (Å²) in [5.41, 5.74) is 0. The predicted octanol–water partition coefficient (Wildman–Crippen LogP) is -0.106. The third-order valence-corrected chi connectivity index (χ3v) is 3.40. The van der Waals surface area contributed by atoms with Gasteiger partial charge < -0.3 is 15.2 Å². The van der Waals surface area contributed by atoms with E-state index in [4.69, 9.17) is 5.11 Å². The van der Waals surface area contributed by atoms with Gasteiger partial charge in [-0.3, -0.25) is 0 Å². The second-order valence-corrected chi connectivity index (χ2v) is 5.13. The molecule has 0 aliphatic rings. The summed E-state index contributed by atoms with van der Waals surface area (Å²) in [6, 6.07) is 1.76. The van der Waals surface area contributed by atoms with Crippen molar-refractivity contribution in [2.45, 2.75) is 17.4 Å². The number of nitrogens with one attached hydrogen (secondary N) is 1. The molecule has 2 N–H and O–H groups in total. The summed E-state index contributed by atoms with van der Waals surface area (Å²) in [5.74, 6) is -0.549. The molecule has 0 fully saturated rings. The highest BCUT2D eigenvalue weighted by Gasteiger charge is 2.22. The summed E-state index contributed by atoms with van der Waals surface area (Å²) >= 11 is 0. The second-order valence-electron chi connectivity index (χ2n) is 3.36. The molecule has 1 aromatic heterocycles. The lowest BCUT2D eigenvalue weighted by Crippen LogP contribution is -2.35. The number of hydrogen-bond donors (Lipinski definition) is 2. The molecule has 0 aromatic carbocycles. The smallest absolute Gasteiger partial charge is 0.363 e. The Morgan fingerprint density at radius 2 is 2.11 bits per heavy atom. The van der Waals surface area contributed by atoms with E-state index < -0.39 is 44.7 Å². The van der Waals surface area contributed by atoms with Crippen LogP contribution in [0.5, 0.6) is 0 Å². The summed E-state index contributed by atoms with van der Waals surface area (Å²) in [7, 11) is -4.16. The largest absolute Gasteiger partial charge is 0.386 e. The van der Waals surface area contributed by atoms with Crippen molar-refractivity contribution in [3.8, 4) is 0 Å². The Balaban J connectivity index is 2.80. The van der Waals surface area contributed by atoms with Gasteiger partial charge in [-0.25, -0.2) is 21.9 Å². The van der Waals surface area contributed by atoms with Crippen LogP contribution in [0.3, 0.4) is 0 Å². The molecule has 0 amide bonds. The van der Waals surface area contributed by atoms with Crippen molar-refractivity contribution >= 4 is 15.8 Å². The highest BCUT2D eigenvalue weighted by molar-refractivity contribution is 7.89. The fourth-order valence-corrected chi connectivity index (χ4v) is 2.00. The van der Waals surface area contributed by atoms with Gasteiger partial charge in [0.2, 0.25) is 10.0 Å². The number of halogens is 2. The Morgan fingerprint density at radius 1 is 1.47 bits per heavy atom. The topological polar surface area (TPSA) is 122 Å². The standard InChI is InChI=1S/C8H9F2N3O5S/c9-8(10)6(14)4-12-19(17,18)5-1-2-7(11-3-5)13(15)16/h1-3,6,8,12,14H,4H2. The first-order valence-corrected chi connectivity index (χ1v) is 6.28. The van der Waals surface area contributed by atoms with Gasteiger partial charge >= 0.3 is 5.82 Å². The molecule has 8 nitrogen and oxygen atoms in total. The summed E-state index contributed by atoms with van der Waals surface area (Å²) in [6.45, 7) is -0.878. The average Bonchev–Trinajstić information content (AvgIpc) is 2.36. The number of sulfonamides is 1. The van der Waals surface area contributed by atoms with Crippen LogP contribution >= 0.6 is 0 Å². The summed E-state index contributed by atoms with van der Waals surface area (Å²) in [6.07, 6.45) is -4.51. The van der Waals surface area contributed by atoms with E-state index in [1.165, 1.54) is 0 Å². The minimum Gasteiger partial charge on any atom is -0.386 e. The molecule has 19 heavy (non-hydrogen) atoms. The Hall–Kier alpha value is -1.72. The van der Waals surface area contributed by atoms with Crippen molar-refractivity contribution in [3.05, 3.63) is 28.4 Å². The van der Waals surface area contributed by atoms with Crippen LogP contribution in [0.1, 0.15) is 0 Å². The fraction of sp³-hybridized carbons (Fsp3) is 0.375. The van der Waals surface area contributed by atoms with Crippen LogP contribution in [-0.2, 0) is 10.0 Å². The number of alkyl halides is 2. The molecule has 0 saturated heterocycles. The monoisotopic (exact) mass is 297 g/mol. The molecule has 1 unspecified atom stereocenters. The van der Waals surface area contributed by atoms with E-state index in [-0.39, 0.29) is 0 Å². The van der Waals surface area contributed by atoms with Gasteiger partial charge in [0, 0.05) is 12.6 Å². The van der Waals surface area contributed by atoms with Gasteiger partial charge in [-0.05, 0) is 16.0 Å². The Labute approximate surface area is 106 Å². The summed E-state index contributed by atoms with van der Waals surface area (Å²) in [4.78, 5) is 12.3. The number of aliphatic hydroxyl groups excluding tert-OH is 1. The van der Waals surface area contributed by atoms with E-state index in [1.807, 2.05) is 0 Å². The van der Waals surface area contributed by atoms with E-state index in [0.29, 0.717) is 0 Å². The van der Waals surface area contributed by atoms with Crippen molar-refractivity contribution < 1.29 is 27.2 Å². The third kappa shape index (κ3) is 4.15. The van der Waals surface area contributed by atoms with Gasteiger partial charge in [0.1, 0.15) is 11.0 Å². The van der Waals surface area contributed by atoms with Crippen molar-refractivity contribution in [3.63, 3.8) is 0 Å². The number of aliphatic hydroxyl groups is 1. The van der Waals surface area contributed by atoms with Crippen LogP contribution in [0.2, 0.25) is 0 Å². The molecule has 1 aromatic rings. The molecule has 0 bridgehead atoms. The van der Waals surface area contributed by atoms with E-state index in [0.717, 1.165) is 18.3 Å². The first kappa shape index (κ1) is 15.3. The molecule has 1 rings (SSSR count). The van der Waals surface area contributed by atoms with E-state index in [1.54, 1.807) is 4.72 Å². The van der Waals surface area contributed by atoms with Gasteiger partial charge in [-0.2, -0.15) is 0 Å². The maximum atomic E-state index is 12.0. The SMILES string of the molecule is O=[N+]([O-])c1ccc(S(=O)(=O)NCC(O)C(F)F)cn1. The van der Waals surface area contributed by atoms with Crippen molar-refractivity contribution in [1.82, 2.24) is 9.71 Å². The van der Waals surface area contributed by atoms with Crippen LogP contribution in [0.4, 0.5) is 14.6 Å². The maximum absolute atomic E-state index is 12.0. The number of aromatic nitrogens is 1. The lowest BCUT2D eigenvalue weighted by atomic mass is 10.4. The van der Waals surface area contributed by atoms with Crippen LogP contribution in [0.25, 0.3) is 0 Å². The molecule has 0 radical (unpaired) electrons. The van der Waals surface area contributed by atoms with Crippen molar-refractivity contribution in [2.75, 3.05) is 6.54 Å². The minimum atomic E-state index is -4.16. The normalized spacial score (nSPS) is 13.5. The molecule has 1 atom stereocenters. The average molecular weight is 297 g/mol. The van der Waals surface area contributed by atoms with Crippen LogP contribution in [0, 0.1) is 10.1 Å². The highest BCUT2D eigenvalue weighted by atomic mass is 32.2. The molecule has 1 heterocycles. The number of nitro groups is 1. The molecule has 106 valence electrons. The van der Waals surface area contributed by atoms with Crippen molar-refractivity contribution in [1.29, 1.82) is 0 Å². The van der Waals surface area contributed by atoms with Crippen LogP contribution in [-0.4, -0.2) is 42.5 Å². The molecule has 0 aliphatic heterocycles. The third-order valence-electron chi connectivity index (χ3n) is 1.99. The molecular weight excluding hydrogens is 288 g/mol. The zero-order chi connectivity index (χ0) is 14.6. The number of pyridine rings is 1. The Kier molecular flexibility index (Phi) is 4.80. The zero-order valence-electron chi connectivity index (χ0n) is 9.23. The van der Waals surface area contributed by atoms with Gasteiger partial charge in [-0.1, -0.05) is 0 Å². The number of nitrogens with zero attached hydrogens (tertiary/aromatic N) is 2. The van der Waals surface area contributed by atoms with Gasteiger partial charge in [0.25, 0.3) is 6.43 Å². The molecular formula is C8H9F2N3O5S. The van der Waals surface area contributed by atoms with Crippen molar-refractivity contribution in [2.24, 2.45) is 0 Å². The highest BCUT2D eigenvalue weighted by Crippen LogP contribution is 2.12. The molecule has 0 aliphatic carbocycles. The van der Waals surface area contributed by atoms with E-state index in [9.17, 15) is 27.3 Å². The van der Waals surface area contributed by atoms with Gasteiger partial charge in [-0.15, -0.1) is 0 Å². The number of rotatable bonds is 6. The van der Waals surface area contributed by atoms with E-state index in [2.05, 4.69) is 4.98 Å². The van der Waals surface area contributed by atoms with E-state index >= 15 is 0 Å². The van der Waals surface area contributed by atoms with Gasteiger partial charge in [0.05, 0.1) is 0 Å². The maximum Gasteiger partial charge on any atom is 0.363 e.